The van der Waals surface area contributed by atoms with Crippen LogP contribution in [-0.2, 0) is 21.6 Å². The maximum atomic E-state index is 13.7. The number of amides is 1. The lowest BCUT2D eigenvalue weighted by Gasteiger charge is -2.38. The average molecular weight is 544 g/mol. The van der Waals surface area contributed by atoms with E-state index in [1.54, 1.807) is 0 Å². The van der Waals surface area contributed by atoms with E-state index in [2.05, 4.69) is 109 Å². The molecule has 1 heterocycles. The van der Waals surface area contributed by atoms with Crippen molar-refractivity contribution >= 4 is 5.91 Å². The van der Waals surface area contributed by atoms with Crippen molar-refractivity contribution in [3.63, 3.8) is 0 Å². The van der Waals surface area contributed by atoms with Crippen molar-refractivity contribution in [2.24, 2.45) is 5.92 Å². The Morgan fingerprint density at radius 1 is 0.756 bits per heavy atom. The fraction of sp³-hybridized carbons (Fsp3) is 0.289. The molecule has 1 fully saturated rings. The van der Waals surface area contributed by atoms with E-state index in [4.69, 9.17) is 4.74 Å². The van der Waals surface area contributed by atoms with E-state index in [0.717, 1.165) is 61.8 Å². The number of allylic oxidation sites excluding steroid dienone is 1. The molecule has 3 heteroatoms. The zero-order chi connectivity index (χ0) is 28.3. The SMILES string of the molecule is C=CCCC[C@@H]1C[C@@H](COC(c2ccccc2)(c2ccccc2)c2ccccc2)N(CCCc2ccccc2)C1=O. The highest BCUT2D eigenvalue weighted by Crippen LogP contribution is 2.41. The summed E-state index contributed by atoms with van der Waals surface area (Å²) in [7, 11) is 0. The first kappa shape index (κ1) is 28.6. The van der Waals surface area contributed by atoms with E-state index < -0.39 is 5.60 Å². The molecular weight excluding hydrogens is 502 g/mol. The van der Waals surface area contributed by atoms with Gasteiger partial charge in [-0.2, -0.15) is 0 Å². The van der Waals surface area contributed by atoms with E-state index >= 15 is 0 Å². The Balaban J connectivity index is 1.44. The summed E-state index contributed by atoms with van der Waals surface area (Å²) >= 11 is 0. The van der Waals surface area contributed by atoms with Crippen LogP contribution < -0.4 is 0 Å². The van der Waals surface area contributed by atoms with Crippen molar-refractivity contribution in [3.8, 4) is 0 Å². The number of aryl methyl sites for hydroxylation is 1. The number of unbranched alkanes of at least 4 members (excludes halogenated alkanes) is 1. The summed E-state index contributed by atoms with van der Waals surface area (Å²) in [5.41, 5.74) is 3.77. The molecular formula is C38H41NO2. The van der Waals surface area contributed by atoms with Gasteiger partial charge in [-0.1, -0.05) is 127 Å². The highest BCUT2D eigenvalue weighted by Gasteiger charge is 2.42. The van der Waals surface area contributed by atoms with Crippen molar-refractivity contribution in [2.75, 3.05) is 13.2 Å². The smallest absolute Gasteiger partial charge is 0.226 e. The van der Waals surface area contributed by atoms with Gasteiger partial charge in [-0.25, -0.2) is 0 Å². The molecule has 0 aliphatic carbocycles. The van der Waals surface area contributed by atoms with E-state index in [-0.39, 0.29) is 17.9 Å². The van der Waals surface area contributed by atoms with Gasteiger partial charge in [0.2, 0.25) is 5.91 Å². The number of ether oxygens (including phenoxy) is 1. The molecule has 0 N–H and O–H groups in total. The molecule has 0 bridgehead atoms. The van der Waals surface area contributed by atoms with Crippen LogP contribution in [0.15, 0.2) is 134 Å². The molecule has 0 radical (unpaired) electrons. The molecule has 3 nitrogen and oxygen atoms in total. The van der Waals surface area contributed by atoms with Crippen LogP contribution in [-0.4, -0.2) is 30.0 Å². The van der Waals surface area contributed by atoms with Gasteiger partial charge < -0.3 is 9.64 Å². The van der Waals surface area contributed by atoms with Gasteiger partial charge >= 0.3 is 0 Å². The van der Waals surface area contributed by atoms with E-state index in [0.29, 0.717) is 6.61 Å². The third kappa shape index (κ3) is 6.69. The van der Waals surface area contributed by atoms with Gasteiger partial charge in [-0.3, -0.25) is 4.79 Å². The monoisotopic (exact) mass is 543 g/mol. The first-order valence-electron chi connectivity index (χ1n) is 15.0. The Morgan fingerprint density at radius 3 is 1.78 bits per heavy atom. The highest BCUT2D eigenvalue weighted by atomic mass is 16.5. The fourth-order valence-electron chi connectivity index (χ4n) is 6.26. The Hall–Kier alpha value is -3.95. The number of benzene rings is 4. The molecule has 1 aliphatic heterocycles. The molecule has 1 aliphatic rings. The maximum Gasteiger partial charge on any atom is 0.226 e. The largest absolute Gasteiger partial charge is 0.359 e. The van der Waals surface area contributed by atoms with Crippen LogP contribution in [0.5, 0.6) is 0 Å². The van der Waals surface area contributed by atoms with Crippen molar-refractivity contribution in [3.05, 3.63) is 156 Å². The second kappa shape index (κ2) is 14.1. The van der Waals surface area contributed by atoms with Gasteiger partial charge in [0.25, 0.3) is 0 Å². The maximum absolute atomic E-state index is 13.7. The molecule has 0 saturated carbocycles. The predicted octanol–water partition coefficient (Wildman–Crippen LogP) is 8.20. The Morgan fingerprint density at radius 2 is 1.27 bits per heavy atom. The fourth-order valence-corrected chi connectivity index (χ4v) is 6.26. The Bertz CT molecular complexity index is 1260. The van der Waals surface area contributed by atoms with Gasteiger partial charge in [0.1, 0.15) is 5.60 Å². The van der Waals surface area contributed by atoms with Crippen molar-refractivity contribution in [1.82, 2.24) is 4.90 Å². The van der Waals surface area contributed by atoms with Gasteiger partial charge in [0.15, 0.2) is 0 Å². The summed E-state index contributed by atoms with van der Waals surface area (Å²) in [6.45, 7) is 5.08. The third-order valence-electron chi connectivity index (χ3n) is 8.33. The van der Waals surface area contributed by atoms with Gasteiger partial charge in [0, 0.05) is 12.5 Å². The summed E-state index contributed by atoms with van der Waals surface area (Å²) in [5.74, 6) is 0.320. The minimum Gasteiger partial charge on any atom is -0.359 e. The molecule has 0 unspecified atom stereocenters. The first-order chi connectivity index (χ1) is 20.2. The zero-order valence-corrected chi connectivity index (χ0v) is 23.9. The zero-order valence-electron chi connectivity index (χ0n) is 23.9. The van der Waals surface area contributed by atoms with Gasteiger partial charge in [0.05, 0.1) is 12.6 Å². The minimum absolute atomic E-state index is 0.0301. The van der Waals surface area contributed by atoms with Gasteiger partial charge in [-0.15, -0.1) is 6.58 Å². The lowest BCUT2D eigenvalue weighted by molar-refractivity contribution is -0.133. The quantitative estimate of drug-likeness (QED) is 0.0911. The molecule has 4 aromatic carbocycles. The van der Waals surface area contributed by atoms with E-state index in [9.17, 15) is 4.79 Å². The predicted molar refractivity (Wildman–Crippen MR) is 168 cm³/mol. The van der Waals surface area contributed by atoms with Gasteiger partial charge in [-0.05, 0) is 60.8 Å². The summed E-state index contributed by atoms with van der Waals surface area (Å²) in [5, 5.41) is 0. The molecule has 1 saturated heterocycles. The number of carbonyl (C=O) groups excluding carboxylic acids is 1. The molecule has 5 rings (SSSR count). The molecule has 210 valence electrons. The highest BCUT2D eigenvalue weighted by molar-refractivity contribution is 5.81. The molecule has 0 aromatic heterocycles. The van der Waals surface area contributed by atoms with Crippen LogP contribution >= 0.6 is 0 Å². The second-order valence-electron chi connectivity index (χ2n) is 11.0. The molecule has 1 amide bonds. The normalized spacial score (nSPS) is 17.1. The second-order valence-corrected chi connectivity index (χ2v) is 11.0. The number of rotatable bonds is 14. The summed E-state index contributed by atoms with van der Waals surface area (Å²) < 4.78 is 7.18. The van der Waals surface area contributed by atoms with E-state index in [1.807, 2.05) is 30.3 Å². The summed E-state index contributed by atoms with van der Waals surface area (Å²) in [6, 6.07) is 42.0. The number of hydrogen-bond acceptors (Lipinski definition) is 2. The standard InChI is InChI=1S/C38H41NO2/c1-2-3-8-21-32-29-36(39(37(32)40)28-17-20-31-18-9-4-10-19-31)30-41-38(33-22-11-5-12-23-33,34-24-13-6-14-25-34)35-26-15-7-16-27-35/h2,4-7,9-16,18-19,22-27,32,36H,1,3,8,17,20-21,28-30H2/t32-,36+/m1/s1. The average Bonchev–Trinajstić information content (AvgIpc) is 3.33. The molecule has 4 aromatic rings. The third-order valence-corrected chi connectivity index (χ3v) is 8.33. The Labute approximate surface area is 245 Å². The van der Waals surface area contributed by atoms with E-state index in [1.165, 1.54) is 5.56 Å². The number of likely N-dealkylation sites (tertiary alicyclic amines) is 1. The van der Waals surface area contributed by atoms with Crippen LogP contribution in [0.4, 0.5) is 0 Å². The van der Waals surface area contributed by atoms with Crippen LogP contribution in [0.25, 0.3) is 0 Å². The number of hydrogen-bond donors (Lipinski definition) is 0. The summed E-state index contributed by atoms with van der Waals surface area (Å²) in [6.07, 6.45) is 7.51. The number of nitrogens with zero attached hydrogens (tertiary/aromatic N) is 1. The lowest BCUT2D eigenvalue weighted by atomic mass is 9.80. The van der Waals surface area contributed by atoms with Crippen LogP contribution in [0, 0.1) is 5.92 Å². The van der Waals surface area contributed by atoms with Crippen LogP contribution in [0.3, 0.4) is 0 Å². The minimum atomic E-state index is -0.788. The van der Waals surface area contributed by atoms with Crippen molar-refractivity contribution < 1.29 is 9.53 Å². The van der Waals surface area contributed by atoms with Crippen LogP contribution in [0.1, 0.15) is 54.4 Å². The molecule has 2 atom stereocenters. The first-order valence-corrected chi connectivity index (χ1v) is 15.0. The van der Waals surface area contributed by atoms with Crippen molar-refractivity contribution in [1.29, 1.82) is 0 Å². The Kier molecular flexibility index (Phi) is 9.82. The molecule has 0 spiro atoms. The topological polar surface area (TPSA) is 29.5 Å². The molecule has 41 heavy (non-hydrogen) atoms. The van der Waals surface area contributed by atoms with Crippen LogP contribution in [0.2, 0.25) is 0 Å². The lowest BCUT2D eigenvalue weighted by Crippen LogP contribution is -2.41. The van der Waals surface area contributed by atoms with Crippen molar-refractivity contribution in [2.45, 2.75) is 50.2 Å². The summed E-state index contributed by atoms with van der Waals surface area (Å²) in [4.78, 5) is 15.8. The number of carbonyl (C=O) groups is 1.